The third-order valence-electron chi connectivity index (χ3n) is 7.75. The van der Waals surface area contributed by atoms with Crippen LogP contribution < -0.4 is 9.64 Å². The topological polar surface area (TPSA) is 107 Å². The monoisotopic (exact) mass is 542 g/mol. The van der Waals surface area contributed by atoms with E-state index in [1.54, 1.807) is 0 Å². The fraction of sp³-hybridized carbons (Fsp3) is 0.478. The number of alkyl halides is 6. The molecule has 38 heavy (non-hydrogen) atoms. The van der Waals surface area contributed by atoms with E-state index in [2.05, 4.69) is 19.9 Å². The number of nitrogens with zero attached hydrogens (tertiary/aromatic N) is 5. The molecule has 2 bridgehead atoms. The Morgan fingerprint density at radius 2 is 1.79 bits per heavy atom. The Morgan fingerprint density at radius 1 is 1.05 bits per heavy atom. The Bertz CT molecular complexity index is 1410. The first kappa shape index (κ1) is 24.7. The zero-order valence-corrected chi connectivity index (χ0v) is 19.5. The molecule has 0 aromatic carbocycles. The van der Waals surface area contributed by atoms with Gasteiger partial charge >= 0.3 is 18.4 Å². The van der Waals surface area contributed by atoms with Crippen LogP contribution in [0.15, 0.2) is 31.0 Å². The minimum Gasteiger partial charge on any atom is -0.470 e. The lowest BCUT2D eigenvalue weighted by molar-refractivity contribution is -0.138. The van der Waals surface area contributed by atoms with E-state index in [4.69, 9.17) is 4.74 Å². The number of β-amino-alcohol motifs (C(OH)–C–C–N with tert-alkyl or cyclic N) is 1. The molecule has 15 heteroatoms. The molecular weight excluding hydrogens is 522 g/mol. The number of rotatable bonds is 4. The van der Waals surface area contributed by atoms with Crippen molar-refractivity contribution in [2.24, 2.45) is 0 Å². The van der Waals surface area contributed by atoms with Crippen LogP contribution in [0.5, 0.6) is 5.88 Å². The van der Waals surface area contributed by atoms with Crippen molar-refractivity contribution < 1.29 is 41.0 Å². The van der Waals surface area contributed by atoms with Crippen molar-refractivity contribution in [2.45, 2.75) is 61.8 Å². The summed E-state index contributed by atoms with van der Waals surface area (Å²) in [4.78, 5) is 29.6. The van der Waals surface area contributed by atoms with E-state index in [0.29, 0.717) is 31.9 Å². The number of carbonyl (C=O) groups excluding carboxylic acids is 1. The third kappa shape index (κ3) is 3.74. The van der Waals surface area contributed by atoms with Crippen molar-refractivity contribution in [1.29, 1.82) is 0 Å². The molecule has 1 saturated heterocycles. The van der Waals surface area contributed by atoms with Gasteiger partial charge in [0.15, 0.2) is 0 Å². The number of fused-ring (bicyclic) bond motifs is 3. The molecule has 3 aromatic heterocycles. The molecule has 1 atom stereocenters. The SMILES string of the molecule is O=C1N(c2cncc(C(F)(F)F)c2)CC(O)N1C12CCC(Oc3ncnc4[nH]cc(C(F)(F)F)c34)(CC1)C2. The fourth-order valence-electron chi connectivity index (χ4n) is 6.07. The van der Waals surface area contributed by atoms with Crippen molar-refractivity contribution in [3.05, 3.63) is 42.1 Å². The molecular formula is C23H20F6N6O3. The Balaban J connectivity index is 1.27. The molecule has 3 aromatic rings. The zero-order valence-electron chi connectivity index (χ0n) is 19.5. The van der Waals surface area contributed by atoms with Crippen LogP contribution in [0.1, 0.15) is 43.2 Å². The number of ether oxygens (including phenoxy) is 1. The number of carbonyl (C=O) groups is 1. The number of aliphatic hydroxyl groups excluding tert-OH is 1. The number of pyridine rings is 1. The zero-order chi connectivity index (χ0) is 27.1. The number of amides is 2. The predicted molar refractivity (Wildman–Crippen MR) is 118 cm³/mol. The third-order valence-corrected chi connectivity index (χ3v) is 7.75. The van der Waals surface area contributed by atoms with E-state index in [9.17, 15) is 36.2 Å². The van der Waals surface area contributed by atoms with Gasteiger partial charge < -0.3 is 14.8 Å². The number of hydrogen-bond acceptors (Lipinski definition) is 6. The highest BCUT2D eigenvalue weighted by molar-refractivity contribution is 5.95. The summed E-state index contributed by atoms with van der Waals surface area (Å²) >= 11 is 0. The number of aliphatic hydroxyl groups is 1. The molecule has 6 rings (SSSR count). The number of aromatic amines is 1. The van der Waals surface area contributed by atoms with Gasteiger partial charge in [-0.15, -0.1) is 0 Å². The van der Waals surface area contributed by atoms with Crippen LogP contribution in [-0.4, -0.2) is 59.9 Å². The Morgan fingerprint density at radius 3 is 2.47 bits per heavy atom. The Hall–Kier alpha value is -3.62. The molecule has 202 valence electrons. The first-order valence-corrected chi connectivity index (χ1v) is 11.7. The fourth-order valence-corrected chi connectivity index (χ4v) is 6.07. The minimum absolute atomic E-state index is 0.0311. The van der Waals surface area contributed by atoms with Crippen LogP contribution in [0.3, 0.4) is 0 Å². The molecule has 1 unspecified atom stereocenters. The van der Waals surface area contributed by atoms with Crippen molar-refractivity contribution >= 4 is 22.8 Å². The molecule has 2 amide bonds. The number of urea groups is 1. The van der Waals surface area contributed by atoms with Gasteiger partial charge in [0.1, 0.15) is 23.8 Å². The van der Waals surface area contributed by atoms with Crippen LogP contribution in [0.4, 0.5) is 36.8 Å². The van der Waals surface area contributed by atoms with Gasteiger partial charge in [-0.25, -0.2) is 14.8 Å². The summed E-state index contributed by atoms with van der Waals surface area (Å²) in [7, 11) is 0. The van der Waals surface area contributed by atoms with Gasteiger partial charge in [0.2, 0.25) is 5.88 Å². The van der Waals surface area contributed by atoms with E-state index >= 15 is 0 Å². The summed E-state index contributed by atoms with van der Waals surface area (Å²) in [6.07, 6.45) is -5.22. The van der Waals surface area contributed by atoms with E-state index in [-0.39, 0.29) is 35.6 Å². The molecule has 2 saturated carbocycles. The lowest BCUT2D eigenvalue weighted by atomic mass is 9.91. The lowest BCUT2D eigenvalue weighted by Gasteiger charge is -2.38. The summed E-state index contributed by atoms with van der Waals surface area (Å²) in [5.41, 5.74) is -3.93. The standard InChI is InChI=1S/C23H20F6N6O3/c24-22(25,26)12-5-13(7-30-6-12)34-9-15(36)35(19(34)37)20-1-3-21(10-20,4-2-20)38-18-16-14(23(27,28)29)8-31-17(16)32-11-33-18/h5-8,11,15,36H,1-4,9-10H2,(H,31,32,33). The highest BCUT2D eigenvalue weighted by atomic mass is 19.4. The summed E-state index contributed by atoms with van der Waals surface area (Å²) in [6, 6.07) is 0.121. The number of nitrogens with one attached hydrogen (secondary N) is 1. The van der Waals surface area contributed by atoms with Gasteiger partial charge in [-0.05, 0) is 31.7 Å². The van der Waals surface area contributed by atoms with Gasteiger partial charge in [0, 0.05) is 18.8 Å². The minimum atomic E-state index is -4.67. The molecule has 3 fully saturated rings. The van der Waals surface area contributed by atoms with E-state index in [0.717, 1.165) is 29.7 Å². The molecule has 4 heterocycles. The normalized spacial score (nSPS) is 27.7. The number of anilines is 1. The van der Waals surface area contributed by atoms with Crippen LogP contribution in [-0.2, 0) is 12.4 Å². The Labute approximate surface area is 210 Å². The molecule has 0 radical (unpaired) electrons. The van der Waals surface area contributed by atoms with Gasteiger partial charge in [-0.2, -0.15) is 26.3 Å². The van der Waals surface area contributed by atoms with Gasteiger partial charge in [-0.1, -0.05) is 0 Å². The average Bonchev–Trinajstić information content (AvgIpc) is 3.59. The molecule has 9 nitrogen and oxygen atoms in total. The molecule has 3 aliphatic rings. The summed E-state index contributed by atoms with van der Waals surface area (Å²) in [5, 5.41) is 10.5. The number of hydrogen-bond donors (Lipinski definition) is 2. The number of aromatic nitrogens is 4. The second kappa shape index (κ2) is 7.94. The number of H-pyrrole nitrogens is 1. The predicted octanol–water partition coefficient (Wildman–Crippen LogP) is 4.49. The van der Waals surface area contributed by atoms with Crippen LogP contribution in [0.25, 0.3) is 11.0 Å². The molecule has 0 spiro atoms. The van der Waals surface area contributed by atoms with Crippen molar-refractivity contribution in [3.63, 3.8) is 0 Å². The maximum atomic E-state index is 13.6. The summed E-state index contributed by atoms with van der Waals surface area (Å²) < 4.78 is 86.4. The van der Waals surface area contributed by atoms with Gasteiger partial charge in [0.25, 0.3) is 0 Å². The Kier molecular flexibility index (Phi) is 5.16. The largest absolute Gasteiger partial charge is 0.470 e. The number of halogens is 6. The van der Waals surface area contributed by atoms with Crippen LogP contribution in [0, 0.1) is 0 Å². The second-order valence-corrected chi connectivity index (χ2v) is 9.96. The van der Waals surface area contributed by atoms with Crippen molar-refractivity contribution in [1.82, 2.24) is 24.8 Å². The molecule has 2 aliphatic carbocycles. The van der Waals surface area contributed by atoms with Gasteiger partial charge in [-0.3, -0.25) is 14.8 Å². The maximum Gasteiger partial charge on any atom is 0.418 e. The average molecular weight is 542 g/mol. The van der Waals surface area contributed by atoms with Crippen molar-refractivity contribution in [2.75, 3.05) is 11.4 Å². The first-order valence-electron chi connectivity index (χ1n) is 11.7. The van der Waals surface area contributed by atoms with E-state index in [1.165, 1.54) is 4.90 Å². The smallest absolute Gasteiger partial charge is 0.418 e. The van der Waals surface area contributed by atoms with Crippen LogP contribution >= 0.6 is 0 Å². The van der Waals surface area contributed by atoms with Crippen LogP contribution in [0.2, 0.25) is 0 Å². The second-order valence-electron chi connectivity index (χ2n) is 9.96. The van der Waals surface area contributed by atoms with Gasteiger partial charge in [0.05, 0.1) is 40.5 Å². The lowest BCUT2D eigenvalue weighted by Crippen LogP contribution is -2.51. The molecule has 2 N–H and O–H groups in total. The van der Waals surface area contributed by atoms with E-state index < -0.39 is 46.9 Å². The summed E-state index contributed by atoms with van der Waals surface area (Å²) in [6.45, 7) is -0.262. The quantitative estimate of drug-likeness (QED) is 0.471. The van der Waals surface area contributed by atoms with Crippen molar-refractivity contribution in [3.8, 4) is 5.88 Å². The first-order chi connectivity index (χ1) is 17.8. The summed E-state index contributed by atoms with van der Waals surface area (Å²) in [5.74, 6) is -0.230. The molecule has 1 aliphatic heterocycles. The maximum absolute atomic E-state index is 13.6. The highest BCUT2D eigenvalue weighted by Crippen LogP contribution is 2.57. The highest BCUT2D eigenvalue weighted by Gasteiger charge is 2.63. The van der Waals surface area contributed by atoms with E-state index in [1.807, 2.05) is 0 Å².